The molecule has 0 spiro atoms. The SMILES string of the molecule is O=C(NCCCNc1ccc2cccc(Br)c2n1)c1cccc(O)c1. The molecule has 3 N–H and O–H groups in total. The molecule has 0 saturated heterocycles. The molecular weight excluding hydrogens is 382 g/mol. The highest BCUT2D eigenvalue weighted by atomic mass is 79.9. The second kappa shape index (κ2) is 7.98. The zero-order chi connectivity index (χ0) is 17.6. The highest BCUT2D eigenvalue weighted by Crippen LogP contribution is 2.23. The summed E-state index contributed by atoms with van der Waals surface area (Å²) in [5.74, 6) is 0.699. The first-order valence-corrected chi connectivity index (χ1v) is 8.79. The fourth-order valence-electron chi connectivity index (χ4n) is 2.47. The van der Waals surface area contributed by atoms with Crippen LogP contribution in [0.4, 0.5) is 5.82 Å². The van der Waals surface area contributed by atoms with E-state index < -0.39 is 0 Å². The van der Waals surface area contributed by atoms with E-state index in [4.69, 9.17) is 0 Å². The maximum atomic E-state index is 12.0. The van der Waals surface area contributed by atoms with Gasteiger partial charge in [-0.15, -0.1) is 0 Å². The van der Waals surface area contributed by atoms with Crippen LogP contribution in [0.3, 0.4) is 0 Å². The maximum absolute atomic E-state index is 12.0. The predicted molar refractivity (Wildman–Crippen MR) is 103 cm³/mol. The van der Waals surface area contributed by atoms with Crippen molar-refractivity contribution < 1.29 is 9.90 Å². The van der Waals surface area contributed by atoms with Gasteiger partial charge >= 0.3 is 0 Å². The Bertz CT molecular complexity index is 899. The lowest BCUT2D eigenvalue weighted by Crippen LogP contribution is -2.25. The average Bonchev–Trinajstić information content (AvgIpc) is 2.62. The number of hydrogen-bond acceptors (Lipinski definition) is 4. The Morgan fingerprint density at radius 2 is 1.92 bits per heavy atom. The molecule has 2 aromatic carbocycles. The average molecular weight is 400 g/mol. The van der Waals surface area contributed by atoms with Crippen LogP contribution in [-0.2, 0) is 0 Å². The first kappa shape index (κ1) is 17.2. The van der Waals surface area contributed by atoms with Gasteiger partial charge in [-0.3, -0.25) is 4.79 Å². The number of hydrogen-bond donors (Lipinski definition) is 3. The van der Waals surface area contributed by atoms with Gasteiger partial charge in [0.15, 0.2) is 0 Å². The number of pyridine rings is 1. The second-order valence-corrected chi connectivity index (χ2v) is 6.45. The van der Waals surface area contributed by atoms with Gasteiger partial charge in [0.1, 0.15) is 11.6 Å². The molecular formula is C19H18BrN3O2. The first-order chi connectivity index (χ1) is 12.1. The number of phenols is 1. The number of fused-ring (bicyclic) bond motifs is 1. The molecule has 0 aliphatic heterocycles. The molecule has 6 heteroatoms. The minimum Gasteiger partial charge on any atom is -0.508 e. The highest BCUT2D eigenvalue weighted by Gasteiger charge is 2.05. The second-order valence-electron chi connectivity index (χ2n) is 5.59. The number of carbonyl (C=O) groups is 1. The van der Waals surface area contributed by atoms with Crippen molar-refractivity contribution in [3.05, 3.63) is 64.6 Å². The Morgan fingerprint density at radius 3 is 2.76 bits per heavy atom. The van der Waals surface area contributed by atoms with Gasteiger partial charge in [0.25, 0.3) is 5.91 Å². The molecule has 0 bridgehead atoms. The minimum atomic E-state index is -0.191. The molecule has 5 nitrogen and oxygen atoms in total. The van der Waals surface area contributed by atoms with Crippen molar-refractivity contribution in [2.75, 3.05) is 18.4 Å². The summed E-state index contributed by atoms with van der Waals surface area (Å²) >= 11 is 3.51. The summed E-state index contributed by atoms with van der Waals surface area (Å²) in [5.41, 5.74) is 1.37. The molecule has 0 unspecified atom stereocenters. The smallest absolute Gasteiger partial charge is 0.251 e. The van der Waals surface area contributed by atoms with Crippen LogP contribution in [0.5, 0.6) is 5.75 Å². The van der Waals surface area contributed by atoms with E-state index in [1.165, 1.54) is 12.1 Å². The Hall–Kier alpha value is -2.60. The van der Waals surface area contributed by atoms with Gasteiger partial charge < -0.3 is 15.7 Å². The number of phenolic OH excluding ortho intramolecular Hbond substituents is 1. The molecule has 0 saturated carbocycles. The molecule has 3 aromatic rings. The van der Waals surface area contributed by atoms with Gasteiger partial charge in [-0.05, 0) is 58.7 Å². The van der Waals surface area contributed by atoms with Gasteiger partial charge in [0.2, 0.25) is 0 Å². The van der Waals surface area contributed by atoms with E-state index in [-0.39, 0.29) is 11.7 Å². The van der Waals surface area contributed by atoms with Crippen molar-refractivity contribution in [1.29, 1.82) is 0 Å². The number of anilines is 1. The molecule has 0 aliphatic rings. The zero-order valence-corrected chi connectivity index (χ0v) is 15.1. The van der Waals surface area contributed by atoms with E-state index >= 15 is 0 Å². The van der Waals surface area contributed by atoms with E-state index in [2.05, 4.69) is 31.5 Å². The molecule has 0 fully saturated rings. The summed E-state index contributed by atoms with van der Waals surface area (Å²) < 4.78 is 0.965. The Kier molecular flexibility index (Phi) is 5.50. The van der Waals surface area contributed by atoms with E-state index in [1.807, 2.05) is 30.3 Å². The van der Waals surface area contributed by atoms with Gasteiger partial charge in [-0.25, -0.2) is 4.98 Å². The van der Waals surface area contributed by atoms with Crippen molar-refractivity contribution in [3.8, 4) is 5.75 Å². The summed E-state index contributed by atoms with van der Waals surface area (Å²) in [6.07, 6.45) is 0.764. The van der Waals surface area contributed by atoms with Crippen molar-refractivity contribution in [2.24, 2.45) is 0 Å². The quantitative estimate of drug-likeness (QED) is 0.548. The molecule has 1 amide bonds. The number of carbonyl (C=O) groups excluding carboxylic acids is 1. The standard InChI is InChI=1S/C19H18BrN3O2/c20-16-7-2-4-13-8-9-17(23-18(13)16)21-10-3-11-22-19(25)14-5-1-6-15(24)12-14/h1-2,4-9,12,24H,3,10-11H2,(H,21,23)(H,22,25). The molecule has 128 valence electrons. The number of amides is 1. The molecule has 1 aromatic heterocycles. The molecule has 1 heterocycles. The number of nitrogens with zero attached hydrogens (tertiary/aromatic N) is 1. The Balaban J connectivity index is 1.47. The van der Waals surface area contributed by atoms with Gasteiger partial charge in [-0.1, -0.05) is 18.2 Å². The summed E-state index contributed by atoms with van der Waals surface area (Å²) in [6.45, 7) is 1.24. The largest absolute Gasteiger partial charge is 0.508 e. The fraction of sp³-hybridized carbons (Fsp3) is 0.158. The monoisotopic (exact) mass is 399 g/mol. The van der Waals surface area contributed by atoms with Crippen LogP contribution in [0.1, 0.15) is 16.8 Å². The van der Waals surface area contributed by atoms with E-state index in [0.29, 0.717) is 18.7 Å². The predicted octanol–water partition coefficient (Wildman–Crippen LogP) is 3.93. The Labute approximate surface area is 154 Å². The summed E-state index contributed by atoms with van der Waals surface area (Å²) in [6, 6.07) is 16.2. The van der Waals surface area contributed by atoms with Crippen molar-refractivity contribution in [3.63, 3.8) is 0 Å². The van der Waals surface area contributed by atoms with Crippen LogP contribution in [0.25, 0.3) is 10.9 Å². The third-order valence-electron chi connectivity index (χ3n) is 3.72. The van der Waals surface area contributed by atoms with Crippen LogP contribution in [0, 0.1) is 0 Å². The van der Waals surface area contributed by atoms with Crippen LogP contribution < -0.4 is 10.6 Å². The number of aromatic hydroxyl groups is 1. The van der Waals surface area contributed by atoms with E-state index in [9.17, 15) is 9.90 Å². The van der Waals surface area contributed by atoms with Crippen LogP contribution >= 0.6 is 15.9 Å². The van der Waals surface area contributed by atoms with Crippen molar-refractivity contribution in [2.45, 2.75) is 6.42 Å². The molecule has 0 radical (unpaired) electrons. The zero-order valence-electron chi connectivity index (χ0n) is 13.5. The molecule has 0 atom stereocenters. The topological polar surface area (TPSA) is 74.2 Å². The molecule has 3 rings (SSSR count). The third kappa shape index (κ3) is 4.48. The summed E-state index contributed by atoms with van der Waals surface area (Å²) in [5, 5.41) is 16.6. The number of aromatic nitrogens is 1. The Morgan fingerprint density at radius 1 is 1.08 bits per heavy atom. The van der Waals surface area contributed by atoms with Gasteiger partial charge in [0, 0.05) is 28.5 Å². The minimum absolute atomic E-state index is 0.0860. The van der Waals surface area contributed by atoms with E-state index in [1.54, 1.807) is 12.1 Å². The van der Waals surface area contributed by atoms with Crippen LogP contribution in [0.15, 0.2) is 59.1 Å². The number of para-hydroxylation sites is 1. The summed E-state index contributed by atoms with van der Waals surface area (Å²) in [4.78, 5) is 16.5. The maximum Gasteiger partial charge on any atom is 0.251 e. The molecule has 25 heavy (non-hydrogen) atoms. The van der Waals surface area contributed by atoms with Crippen molar-refractivity contribution in [1.82, 2.24) is 10.3 Å². The lowest BCUT2D eigenvalue weighted by molar-refractivity contribution is 0.0953. The fourth-order valence-corrected chi connectivity index (χ4v) is 2.94. The van der Waals surface area contributed by atoms with E-state index in [0.717, 1.165) is 27.6 Å². The lowest BCUT2D eigenvalue weighted by Gasteiger charge is -2.08. The lowest BCUT2D eigenvalue weighted by atomic mass is 10.2. The first-order valence-electron chi connectivity index (χ1n) is 8.00. The highest BCUT2D eigenvalue weighted by molar-refractivity contribution is 9.10. The van der Waals surface area contributed by atoms with Crippen LogP contribution in [-0.4, -0.2) is 29.1 Å². The molecule has 0 aliphatic carbocycles. The number of nitrogens with one attached hydrogen (secondary N) is 2. The van der Waals surface area contributed by atoms with Crippen LogP contribution in [0.2, 0.25) is 0 Å². The number of halogens is 1. The normalized spacial score (nSPS) is 10.6. The number of benzene rings is 2. The van der Waals surface area contributed by atoms with Gasteiger partial charge in [0.05, 0.1) is 5.52 Å². The number of rotatable bonds is 6. The van der Waals surface area contributed by atoms with Crippen molar-refractivity contribution >= 4 is 38.6 Å². The van der Waals surface area contributed by atoms with Gasteiger partial charge in [-0.2, -0.15) is 0 Å². The summed E-state index contributed by atoms with van der Waals surface area (Å²) in [7, 11) is 0. The third-order valence-corrected chi connectivity index (χ3v) is 4.36.